The van der Waals surface area contributed by atoms with Gasteiger partial charge in [-0.1, -0.05) is 0 Å². The maximum Gasteiger partial charge on any atom is 0.316 e. The first-order valence-corrected chi connectivity index (χ1v) is 7.53. The van der Waals surface area contributed by atoms with Crippen LogP contribution < -0.4 is 15.8 Å². The number of carbonyl (C=O) groups is 2. The van der Waals surface area contributed by atoms with E-state index in [0.29, 0.717) is 0 Å². The number of nitro benzene ring substituents is 1. The number of benzene rings is 1. The molecule has 0 amide bonds. The Balaban J connectivity index is 2.54. The van der Waals surface area contributed by atoms with E-state index < -0.39 is 37.1 Å². The molecule has 1 aliphatic carbocycles. The summed E-state index contributed by atoms with van der Waals surface area (Å²) in [5.41, 5.74) is -1.18. The minimum absolute atomic E-state index is 0.00495. The van der Waals surface area contributed by atoms with Crippen molar-refractivity contribution in [2.24, 2.45) is 5.14 Å². The molecule has 0 atom stereocenters. The largest absolute Gasteiger partial charge is 0.316 e. The minimum atomic E-state index is -4.36. The molecule has 0 unspecified atom stereocenters. The molecule has 0 aliphatic heterocycles. The van der Waals surface area contributed by atoms with Gasteiger partial charge in [0, 0.05) is 12.2 Å². The van der Waals surface area contributed by atoms with E-state index in [9.17, 15) is 28.1 Å². The van der Waals surface area contributed by atoms with E-state index in [2.05, 4.69) is 9.97 Å². The third-order valence-electron chi connectivity index (χ3n) is 3.10. The monoisotopic (exact) mass is 334 g/mol. The SMILES string of the molecule is NS(=O)(=O)c1ccc2nc3c(nc2c1[N+](=O)[O-])=CC(=O)C(=O)C=3. The molecule has 2 aromatic rings. The van der Waals surface area contributed by atoms with Crippen LogP contribution >= 0.6 is 0 Å². The Bertz CT molecular complexity index is 1150. The van der Waals surface area contributed by atoms with Crippen LogP contribution in [0.1, 0.15) is 0 Å². The summed E-state index contributed by atoms with van der Waals surface area (Å²) in [5, 5.41) is 16.2. The fraction of sp³-hybridized carbons (Fsp3) is 0. The van der Waals surface area contributed by atoms with Crippen LogP contribution in [-0.2, 0) is 19.6 Å². The van der Waals surface area contributed by atoms with Crippen molar-refractivity contribution >= 4 is 50.5 Å². The Labute approximate surface area is 127 Å². The Hall–Kier alpha value is -3.05. The van der Waals surface area contributed by atoms with Crippen molar-refractivity contribution < 1.29 is 22.9 Å². The molecular weight excluding hydrogens is 328 g/mol. The van der Waals surface area contributed by atoms with Gasteiger partial charge in [0.1, 0.15) is 0 Å². The zero-order valence-corrected chi connectivity index (χ0v) is 11.9. The second kappa shape index (κ2) is 4.72. The van der Waals surface area contributed by atoms with Crippen molar-refractivity contribution in [3.63, 3.8) is 0 Å². The van der Waals surface area contributed by atoms with E-state index in [1.54, 1.807) is 0 Å². The predicted octanol–water partition coefficient (Wildman–Crippen LogP) is -2.10. The van der Waals surface area contributed by atoms with E-state index in [1.807, 2.05) is 0 Å². The van der Waals surface area contributed by atoms with Crippen molar-refractivity contribution in [1.82, 2.24) is 9.97 Å². The first kappa shape index (κ1) is 14.9. The number of primary sulfonamides is 1. The molecule has 1 aromatic heterocycles. The van der Waals surface area contributed by atoms with E-state index in [-0.39, 0.29) is 21.7 Å². The lowest BCUT2D eigenvalue weighted by Crippen LogP contribution is -2.38. The fourth-order valence-corrected chi connectivity index (χ4v) is 2.82. The zero-order valence-electron chi connectivity index (χ0n) is 11.1. The second-order valence-electron chi connectivity index (χ2n) is 4.59. The number of rotatable bonds is 2. The summed E-state index contributed by atoms with van der Waals surface area (Å²) in [6.07, 6.45) is 1.85. The maximum absolute atomic E-state index is 11.5. The van der Waals surface area contributed by atoms with Crippen LogP contribution in [-0.4, -0.2) is 34.9 Å². The summed E-state index contributed by atoms with van der Waals surface area (Å²) in [6, 6.07) is 2.13. The molecule has 0 fully saturated rings. The lowest BCUT2D eigenvalue weighted by Gasteiger charge is -2.05. The average molecular weight is 334 g/mol. The first-order chi connectivity index (χ1) is 10.7. The third-order valence-corrected chi connectivity index (χ3v) is 4.04. The van der Waals surface area contributed by atoms with Crippen molar-refractivity contribution in [3.05, 3.63) is 32.9 Å². The van der Waals surface area contributed by atoms with Crippen LogP contribution in [0.4, 0.5) is 5.69 Å². The molecule has 10 nitrogen and oxygen atoms in total. The molecule has 1 aliphatic rings. The number of carbonyl (C=O) groups excluding carboxylic acids is 2. The summed E-state index contributed by atoms with van der Waals surface area (Å²) in [5.74, 6) is -1.64. The molecule has 1 aromatic carbocycles. The molecule has 116 valence electrons. The van der Waals surface area contributed by atoms with Crippen molar-refractivity contribution in [2.45, 2.75) is 4.90 Å². The molecular formula is C12H6N4O6S. The number of Topliss-reactive ketones (excluding diaryl/α,β-unsaturated/α-hetero) is 2. The highest BCUT2D eigenvalue weighted by molar-refractivity contribution is 7.89. The van der Waals surface area contributed by atoms with Gasteiger partial charge in [-0.2, -0.15) is 0 Å². The average Bonchev–Trinajstić information content (AvgIpc) is 2.44. The summed E-state index contributed by atoms with van der Waals surface area (Å²) < 4.78 is 23.0. The highest BCUT2D eigenvalue weighted by Crippen LogP contribution is 2.28. The lowest BCUT2D eigenvalue weighted by molar-refractivity contribution is -0.386. The smallest absolute Gasteiger partial charge is 0.285 e. The maximum atomic E-state index is 11.5. The topological polar surface area (TPSA) is 163 Å². The number of ketones is 2. The Morgan fingerprint density at radius 1 is 1.04 bits per heavy atom. The molecule has 3 rings (SSSR count). The molecule has 2 N–H and O–H groups in total. The van der Waals surface area contributed by atoms with Gasteiger partial charge in [0.2, 0.25) is 21.6 Å². The standard InChI is InChI=1S/C12H6N4O6S/c13-23(21,22)10-2-1-5-11(12(10)16(19)20)15-7-4-9(18)8(17)3-6(7)14-5/h1-4H,(H2,13,21,22). The normalized spacial score (nSPS) is 14.1. The van der Waals surface area contributed by atoms with E-state index in [4.69, 9.17) is 5.14 Å². The Morgan fingerprint density at radius 3 is 2.13 bits per heavy atom. The van der Waals surface area contributed by atoms with Crippen LogP contribution in [0.3, 0.4) is 0 Å². The van der Waals surface area contributed by atoms with Gasteiger partial charge in [0.25, 0.3) is 0 Å². The summed E-state index contributed by atoms with van der Waals surface area (Å²) in [4.78, 5) is 40.2. The van der Waals surface area contributed by atoms with Gasteiger partial charge in [-0.25, -0.2) is 23.5 Å². The number of hydrogen-bond acceptors (Lipinski definition) is 8. The summed E-state index contributed by atoms with van der Waals surface area (Å²) in [6.45, 7) is 0. The van der Waals surface area contributed by atoms with Crippen molar-refractivity contribution in [2.75, 3.05) is 0 Å². The van der Waals surface area contributed by atoms with E-state index in [0.717, 1.165) is 18.2 Å². The fourth-order valence-electron chi connectivity index (χ4n) is 2.12. The predicted molar refractivity (Wildman–Crippen MR) is 75.8 cm³/mol. The lowest BCUT2D eigenvalue weighted by atomic mass is 10.1. The Kier molecular flexibility index (Phi) is 3.05. The van der Waals surface area contributed by atoms with Gasteiger partial charge >= 0.3 is 5.69 Å². The zero-order chi connectivity index (χ0) is 16.9. The van der Waals surface area contributed by atoms with Gasteiger partial charge in [-0.3, -0.25) is 19.7 Å². The number of nitrogens with two attached hydrogens (primary N) is 1. The number of nitro groups is 1. The first-order valence-electron chi connectivity index (χ1n) is 5.98. The molecule has 0 bridgehead atoms. The molecule has 23 heavy (non-hydrogen) atoms. The molecule has 0 spiro atoms. The number of sulfonamides is 1. The van der Waals surface area contributed by atoms with Gasteiger partial charge in [-0.15, -0.1) is 0 Å². The number of nitrogens with zero attached hydrogens (tertiary/aromatic N) is 3. The van der Waals surface area contributed by atoms with Gasteiger partial charge < -0.3 is 0 Å². The van der Waals surface area contributed by atoms with Gasteiger partial charge in [-0.05, 0) is 12.1 Å². The highest BCUT2D eigenvalue weighted by Gasteiger charge is 2.28. The summed E-state index contributed by atoms with van der Waals surface area (Å²) in [7, 11) is -4.36. The van der Waals surface area contributed by atoms with Crippen LogP contribution in [0.5, 0.6) is 0 Å². The molecule has 0 saturated carbocycles. The Morgan fingerprint density at radius 2 is 1.61 bits per heavy atom. The van der Waals surface area contributed by atoms with E-state index in [1.165, 1.54) is 6.07 Å². The number of hydrogen-bond donors (Lipinski definition) is 1. The van der Waals surface area contributed by atoms with Crippen LogP contribution in [0, 0.1) is 10.1 Å². The molecule has 1 heterocycles. The quantitative estimate of drug-likeness (QED) is 0.370. The van der Waals surface area contributed by atoms with Gasteiger partial charge in [0.15, 0.2) is 10.4 Å². The van der Waals surface area contributed by atoms with Crippen LogP contribution in [0.15, 0.2) is 17.0 Å². The van der Waals surface area contributed by atoms with Crippen molar-refractivity contribution in [1.29, 1.82) is 0 Å². The molecule has 11 heteroatoms. The highest BCUT2D eigenvalue weighted by atomic mass is 32.2. The molecule has 0 radical (unpaired) electrons. The number of aromatic nitrogens is 2. The third kappa shape index (κ3) is 2.37. The minimum Gasteiger partial charge on any atom is -0.285 e. The number of fused-ring (bicyclic) bond motifs is 2. The van der Waals surface area contributed by atoms with Gasteiger partial charge in [0.05, 0.1) is 21.1 Å². The van der Waals surface area contributed by atoms with Crippen LogP contribution in [0.25, 0.3) is 23.2 Å². The van der Waals surface area contributed by atoms with Crippen molar-refractivity contribution in [3.8, 4) is 0 Å². The second-order valence-corrected chi connectivity index (χ2v) is 6.12. The van der Waals surface area contributed by atoms with E-state index >= 15 is 0 Å². The van der Waals surface area contributed by atoms with Crippen LogP contribution in [0.2, 0.25) is 0 Å². The molecule has 0 saturated heterocycles. The summed E-state index contributed by atoms with van der Waals surface area (Å²) >= 11 is 0.